The SMILES string of the molecule is Cc1cc(C2(c3cc(C)c(OCCO)c(C)c3)CCC2)cc(C)c1OCCO. The Kier molecular flexibility index (Phi) is 6.31. The fraction of sp³-hybridized carbons (Fsp3) is 0.500. The molecule has 0 amide bonds. The molecule has 0 aliphatic heterocycles. The van der Waals surface area contributed by atoms with Crippen LogP contribution in [0.25, 0.3) is 0 Å². The molecule has 152 valence electrons. The van der Waals surface area contributed by atoms with Gasteiger partial charge in [0, 0.05) is 5.41 Å². The van der Waals surface area contributed by atoms with Gasteiger partial charge in [-0.05, 0) is 73.9 Å². The summed E-state index contributed by atoms with van der Waals surface area (Å²) in [4.78, 5) is 0. The average molecular weight is 385 g/mol. The van der Waals surface area contributed by atoms with Gasteiger partial charge in [-0.1, -0.05) is 30.7 Å². The second kappa shape index (κ2) is 8.54. The summed E-state index contributed by atoms with van der Waals surface area (Å²) in [5, 5.41) is 18.1. The van der Waals surface area contributed by atoms with E-state index in [2.05, 4.69) is 52.0 Å². The Bertz CT molecular complexity index is 725. The predicted octanol–water partition coefficient (Wildman–Crippen LogP) is 4.13. The molecule has 28 heavy (non-hydrogen) atoms. The van der Waals surface area contributed by atoms with Gasteiger partial charge in [0.25, 0.3) is 0 Å². The van der Waals surface area contributed by atoms with Crippen LogP contribution in [0.3, 0.4) is 0 Å². The lowest BCUT2D eigenvalue weighted by atomic mass is 9.60. The second-order valence-corrected chi connectivity index (χ2v) is 7.96. The van der Waals surface area contributed by atoms with Crippen LogP contribution < -0.4 is 9.47 Å². The van der Waals surface area contributed by atoms with Crippen LogP contribution in [0.15, 0.2) is 24.3 Å². The van der Waals surface area contributed by atoms with Crippen LogP contribution in [-0.4, -0.2) is 36.6 Å². The van der Waals surface area contributed by atoms with Gasteiger partial charge in [0.2, 0.25) is 0 Å². The molecule has 0 bridgehead atoms. The molecule has 1 aliphatic carbocycles. The first-order valence-electron chi connectivity index (χ1n) is 10.1. The zero-order valence-corrected chi connectivity index (χ0v) is 17.5. The summed E-state index contributed by atoms with van der Waals surface area (Å²) in [5.41, 5.74) is 7.19. The minimum atomic E-state index is 0.0217. The first-order chi connectivity index (χ1) is 13.4. The third-order valence-corrected chi connectivity index (χ3v) is 5.91. The van der Waals surface area contributed by atoms with Gasteiger partial charge >= 0.3 is 0 Å². The Labute approximate surface area is 168 Å². The molecule has 2 N–H and O–H groups in total. The van der Waals surface area contributed by atoms with E-state index in [0.717, 1.165) is 46.6 Å². The van der Waals surface area contributed by atoms with Crippen LogP contribution in [0.1, 0.15) is 52.6 Å². The van der Waals surface area contributed by atoms with Crippen molar-refractivity contribution in [2.24, 2.45) is 0 Å². The molecule has 0 radical (unpaired) electrons. The lowest BCUT2D eigenvalue weighted by Crippen LogP contribution is -2.36. The normalized spacial score (nSPS) is 15.2. The molecule has 2 aromatic carbocycles. The number of aliphatic hydroxyl groups is 2. The lowest BCUT2D eigenvalue weighted by Gasteiger charge is -2.44. The molecule has 0 aromatic heterocycles. The number of aliphatic hydroxyl groups excluding tert-OH is 2. The van der Waals surface area contributed by atoms with Gasteiger partial charge in [0.15, 0.2) is 0 Å². The molecule has 0 unspecified atom stereocenters. The van der Waals surface area contributed by atoms with Crippen molar-refractivity contribution in [1.82, 2.24) is 0 Å². The van der Waals surface area contributed by atoms with Gasteiger partial charge in [-0.2, -0.15) is 0 Å². The standard InChI is InChI=1S/C24H32O4/c1-16-12-20(13-17(2)22(16)27-10-8-25)24(6-5-7-24)21-14-18(3)23(19(4)15-21)28-11-9-26/h12-15,25-26H,5-11H2,1-4H3. The van der Waals surface area contributed by atoms with Crippen LogP contribution in [0, 0.1) is 27.7 Å². The van der Waals surface area contributed by atoms with Crippen molar-refractivity contribution in [3.05, 3.63) is 57.6 Å². The zero-order chi connectivity index (χ0) is 20.3. The summed E-state index contributed by atoms with van der Waals surface area (Å²) in [6.07, 6.45) is 3.50. The largest absolute Gasteiger partial charge is 0.491 e. The molecule has 3 rings (SSSR count). The zero-order valence-electron chi connectivity index (χ0n) is 17.5. The Morgan fingerprint density at radius 1 is 0.714 bits per heavy atom. The van der Waals surface area contributed by atoms with Crippen molar-refractivity contribution >= 4 is 0 Å². The van der Waals surface area contributed by atoms with Gasteiger partial charge in [0.1, 0.15) is 24.7 Å². The highest BCUT2D eigenvalue weighted by Gasteiger charge is 2.41. The van der Waals surface area contributed by atoms with Gasteiger partial charge in [-0.3, -0.25) is 0 Å². The molecule has 2 aromatic rings. The second-order valence-electron chi connectivity index (χ2n) is 7.96. The molecule has 1 aliphatic rings. The number of aryl methyl sites for hydroxylation is 4. The van der Waals surface area contributed by atoms with Gasteiger partial charge in [-0.15, -0.1) is 0 Å². The van der Waals surface area contributed by atoms with Crippen LogP contribution >= 0.6 is 0 Å². The lowest BCUT2D eigenvalue weighted by molar-refractivity contribution is 0.199. The monoisotopic (exact) mass is 384 g/mol. The molecule has 0 heterocycles. The minimum Gasteiger partial charge on any atom is -0.491 e. The summed E-state index contributed by atoms with van der Waals surface area (Å²) < 4.78 is 11.5. The van der Waals surface area contributed by atoms with Crippen molar-refractivity contribution < 1.29 is 19.7 Å². The first-order valence-corrected chi connectivity index (χ1v) is 10.1. The van der Waals surface area contributed by atoms with Gasteiger partial charge in [0.05, 0.1) is 13.2 Å². The van der Waals surface area contributed by atoms with Crippen molar-refractivity contribution in [2.75, 3.05) is 26.4 Å². The number of hydrogen-bond acceptors (Lipinski definition) is 4. The van der Waals surface area contributed by atoms with E-state index in [9.17, 15) is 0 Å². The average Bonchev–Trinajstić information content (AvgIpc) is 2.59. The van der Waals surface area contributed by atoms with E-state index in [-0.39, 0.29) is 18.6 Å². The van der Waals surface area contributed by atoms with Crippen LogP contribution in [-0.2, 0) is 5.41 Å². The fourth-order valence-electron chi connectivity index (χ4n) is 4.48. The summed E-state index contributed by atoms with van der Waals surface area (Å²) in [6, 6.07) is 9.00. The molecular formula is C24H32O4. The van der Waals surface area contributed by atoms with E-state index in [0.29, 0.717) is 13.2 Å². The smallest absolute Gasteiger partial charge is 0.125 e. The van der Waals surface area contributed by atoms with E-state index >= 15 is 0 Å². The molecule has 1 saturated carbocycles. The molecule has 0 spiro atoms. The molecule has 4 heteroatoms. The van der Waals surface area contributed by atoms with Gasteiger partial charge in [-0.25, -0.2) is 0 Å². The summed E-state index contributed by atoms with van der Waals surface area (Å²) in [5.74, 6) is 1.76. The maximum Gasteiger partial charge on any atom is 0.125 e. The highest BCUT2D eigenvalue weighted by molar-refractivity contribution is 5.53. The molecule has 0 atom stereocenters. The molecule has 0 saturated heterocycles. The maximum absolute atomic E-state index is 9.07. The van der Waals surface area contributed by atoms with Crippen LogP contribution in [0.5, 0.6) is 11.5 Å². The van der Waals surface area contributed by atoms with E-state index in [1.54, 1.807) is 0 Å². The Morgan fingerprint density at radius 2 is 1.07 bits per heavy atom. The van der Waals surface area contributed by atoms with Crippen molar-refractivity contribution in [3.63, 3.8) is 0 Å². The molecule has 4 nitrogen and oxygen atoms in total. The van der Waals surface area contributed by atoms with Crippen LogP contribution in [0.4, 0.5) is 0 Å². The van der Waals surface area contributed by atoms with Crippen molar-refractivity contribution in [3.8, 4) is 11.5 Å². The minimum absolute atomic E-state index is 0.0217. The summed E-state index contributed by atoms with van der Waals surface area (Å²) >= 11 is 0. The maximum atomic E-state index is 9.07. The fourth-order valence-corrected chi connectivity index (χ4v) is 4.48. The number of ether oxygens (including phenoxy) is 2. The Balaban J connectivity index is 2.01. The highest BCUT2D eigenvalue weighted by Crippen LogP contribution is 2.51. The third kappa shape index (κ3) is 3.76. The topological polar surface area (TPSA) is 58.9 Å². The highest BCUT2D eigenvalue weighted by atomic mass is 16.5. The van der Waals surface area contributed by atoms with E-state index in [1.807, 2.05) is 0 Å². The third-order valence-electron chi connectivity index (χ3n) is 5.91. The predicted molar refractivity (Wildman–Crippen MR) is 112 cm³/mol. The van der Waals surface area contributed by atoms with Crippen molar-refractivity contribution in [1.29, 1.82) is 0 Å². The molecule has 1 fully saturated rings. The van der Waals surface area contributed by atoms with E-state index in [4.69, 9.17) is 19.7 Å². The molecular weight excluding hydrogens is 352 g/mol. The number of hydrogen-bond donors (Lipinski definition) is 2. The summed E-state index contributed by atoms with van der Waals surface area (Å²) in [7, 11) is 0. The van der Waals surface area contributed by atoms with Gasteiger partial charge < -0.3 is 19.7 Å². The number of benzene rings is 2. The van der Waals surface area contributed by atoms with Crippen molar-refractivity contribution in [2.45, 2.75) is 52.4 Å². The summed E-state index contributed by atoms with van der Waals surface area (Å²) in [6.45, 7) is 9.01. The Morgan fingerprint density at radius 3 is 1.32 bits per heavy atom. The van der Waals surface area contributed by atoms with E-state index in [1.165, 1.54) is 17.5 Å². The quantitative estimate of drug-likeness (QED) is 0.718. The number of rotatable bonds is 8. The Hall–Kier alpha value is -2.04. The van der Waals surface area contributed by atoms with Crippen LogP contribution in [0.2, 0.25) is 0 Å². The first kappa shape index (κ1) is 20.7. The van der Waals surface area contributed by atoms with E-state index < -0.39 is 0 Å².